The van der Waals surface area contributed by atoms with Gasteiger partial charge in [0.1, 0.15) is 11.6 Å². The molecule has 1 fully saturated rings. The van der Waals surface area contributed by atoms with Crippen LogP contribution in [0, 0.1) is 29.4 Å². The SMILES string of the molecule is CCCC1CCC(CN)C(Cc2cc(F)ccc2F)C1. The maximum atomic E-state index is 13.8. The van der Waals surface area contributed by atoms with Crippen molar-refractivity contribution in [2.24, 2.45) is 23.5 Å². The van der Waals surface area contributed by atoms with E-state index in [0.29, 0.717) is 30.4 Å². The molecule has 0 aliphatic heterocycles. The third-order valence-electron chi connectivity index (χ3n) is 4.74. The average Bonchev–Trinajstić information content (AvgIpc) is 2.44. The molecule has 0 amide bonds. The molecule has 1 aliphatic rings. The van der Waals surface area contributed by atoms with Crippen LogP contribution in [-0.4, -0.2) is 6.54 Å². The van der Waals surface area contributed by atoms with E-state index in [4.69, 9.17) is 5.73 Å². The van der Waals surface area contributed by atoms with Gasteiger partial charge in [-0.15, -0.1) is 0 Å². The Bertz CT molecular complexity index is 433. The minimum Gasteiger partial charge on any atom is -0.330 e. The molecule has 0 aromatic heterocycles. The summed E-state index contributed by atoms with van der Waals surface area (Å²) in [4.78, 5) is 0. The highest BCUT2D eigenvalue weighted by molar-refractivity contribution is 5.19. The molecule has 0 bridgehead atoms. The molecule has 1 nitrogen and oxygen atoms in total. The molecule has 1 saturated carbocycles. The van der Waals surface area contributed by atoms with Crippen LogP contribution in [0.2, 0.25) is 0 Å². The van der Waals surface area contributed by atoms with E-state index < -0.39 is 0 Å². The van der Waals surface area contributed by atoms with Gasteiger partial charge in [-0.2, -0.15) is 0 Å². The molecule has 112 valence electrons. The molecule has 0 spiro atoms. The number of rotatable bonds is 5. The van der Waals surface area contributed by atoms with Crippen molar-refractivity contribution in [2.75, 3.05) is 6.54 Å². The molecule has 0 radical (unpaired) electrons. The molecule has 1 aliphatic carbocycles. The van der Waals surface area contributed by atoms with Crippen LogP contribution in [0.3, 0.4) is 0 Å². The molecule has 1 aromatic rings. The van der Waals surface area contributed by atoms with Crippen molar-refractivity contribution in [1.29, 1.82) is 0 Å². The molecule has 3 unspecified atom stereocenters. The van der Waals surface area contributed by atoms with Crippen molar-refractivity contribution in [3.05, 3.63) is 35.4 Å². The van der Waals surface area contributed by atoms with Crippen molar-refractivity contribution in [2.45, 2.75) is 45.4 Å². The summed E-state index contributed by atoms with van der Waals surface area (Å²) in [6.07, 6.45) is 6.51. The standard InChI is InChI=1S/C17H25F2N/c1-2-3-12-4-5-13(11-20)14(8-12)9-15-10-16(18)6-7-17(15)19/h6-7,10,12-14H,2-5,8-9,11,20H2,1H3. The Balaban J connectivity index is 2.09. The Morgan fingerprint density at radius 1 is 1.20 bits per heavy atom. The zero-order valence-corrected chi connectivity index (χ0v) is 12.2. The highest BCUT2D eigenvalue weighted by Crippen LogP contribution is 2.37. The normalized spacial score (nSPS) is 26.7. The van der Waals surface area contributed by atoms with Crippen molar-refractivity contribution in [1.82, 2.24) is 0 Å². The lowest BCUT2D eigenvalue weighted by Gasteiger charge is -2.36. The van der Waals surface area contributed by atoms with Gasteiger partial charge >= 0.3 is 0 Å². The van der Waals surface area contributed by atoms with Crippen molar-refractivity contribution in [3.63, 3.8) is 0 Å². The topological polar surface area (TPSA) is 26.0 Å². The Morgan fingerprint density at radius 2 is 2.00 bits per heavy atom. The van der Waals surface area contributed by atoms with Gasteiger partial charge in [-0.05, 0) is 67.3 Å². The largest absolute Gasteiger partial charge is 0.330 e. The highest BCUT2D eigenvalue weighted by Gasteiger charge is 2.29. The quantitative estimate of drug-likeness (QED) is 0.855. The van der Waals surface area contributed by atoms with Gasteiger partial charge in [0, 0.05) is 0 Å². The minimum absolute atomic E-state index is 0.292. The fourth-order valence-electron chi connectivity index (χ4n) is 3.64. The number of benzene rings is 1. The maximum Gasteiger partial charge on any atom is 0.126 e. The monoisotopic (exact) mass is 281 g/mol. The summed E-state index contributed by atoms with van der Waals surface area (Å²) in [6.45, 7) is 2.86. The van der Waals surface area contributed by atoms with Gasteiger partial charge in [0.25, 0.3) is 0 Å². The van der Waals surface area contributed by atoms with Crippen LogP contribution in [-0.2, 0) is 6.42 Å². The molecule has 2 N–H and O–H groups in total. The summed E-state index contributed by atoms with van der Waals surface area (Å²) < 4.78 is 27.1. The van der Waals surface area contributed by atoms with Gasteiger partial charge in [-0.25, -0.2) is 8.78 Å². The number of hydrogen-bond donors (Lipinski definition) is 1. The summed E-state index contributed by atoms with van der Waals surface area (Å²) in [6, 6.07) is 3.75. The van der Waals surface area contributed by atoms with E-state index in [9.17, 15) is 8.78 Å². The molecular formula is C17H25F2N. The Morgan fingerprint density at radius 3 is 2.70 bits per heavy atom. The fourth-order valence-corrected chi connectivity index (χ4v) is 3.64. The number of hydrogen-bond acceptors (Lipinski definition) is 1. The minimum atomic E-state index is -0.355. The Hall–Kier alpha value is -0.960. The van der Waals surface area contributed by atoms with Crippen molar-refractivity contribution in [3.8, 4) is 0 Å². The lowest BCUT2D eigenvalue weighted by atomic mass is 9.70. The third-order valence-corrected chi connectivity index (χ3v) is 4.74. The number of halogens is 2. The van der Waals surface area contributed by atoms with E-state index in [1.54, 1.807) is 0 Å². The van der Waals surface area contributed by atoms with Crippen LogP contribution >= 0.6 is 0 Å². The fraction of sp³-hybridized carbons (Fsp3) is 0.647. The lowest BCUT2D eigenvalue weighted by Crippen LogP contribution is -2.32. The summed E-state index contributed by atoms with van der Waals surface area (Å²) in [5.74, 6) is 0.920. The van der Waals surface area contributed by atoms with Gasteiger partial charge in [0.15, 0.2) is 0 Å². The average molecular weight is 281 g/mol. The first-order valence-electron chi connectivity index (χ1n) is 7.78. The molecule has 2 rings (SSSR count). The van der Waals surface area contributed by atoms with Crippen LogP contribution in [0.15, 0.2) is 18.2 Å². The van der Waals surface area contributed by atoms with Crippen molar-refractivity contribution >= 4 is 0 Å². The summed E-state index contributed by atoms with van der Waals surface area (Å²) in [5.41, 5.74) is 6.37. The first-order valence-corrected chi connectivity index (χ1v) is 7.78. The first-order chi connectivity index (χ1) is 9.63. The molecular weight excluding hydrogens is 256 g/mol. The van der Waals surface area contributed by atoms with E-state index in [1.165, 1.54) is 37.5 Å². The lowest BCUT2D eigenvalue weighted by molar-refractivity contribution is 0.174. The van der Waals surface area contributed by atoms with Crippen LogP contribution < -0.4 is 5.73 Å². The van der Waals surface area contributed by atoms with Gasteiger partial charge in [-0.3, -0.25) is 0 Å². The van der Waals surface area contributed by atoms with Crippen LogP contribution in [0.25, 0.3) is 0 Å². The van der Waals surface area contributed by atoms with Crippen LogP contribution in [0.4, 0.5) is 8.78 Å². The van der Waals surface area contributed by atoms with Gasteiger partial charge < -0.3 is 5.73 Å². The second-order valence-electron chi connectivity index (χ2n) is 6.16. The Kier molecular flexibility index (Phi) is 5.53. The maximum absolute atomic E-state index is 13.8. The van der Waals surface area contributed by atoms with Gasteiger partial charge in [0.05, 0.1) is 0 Å². The second-order valence-corrected chi connectivity index (χ2v) is 6.16. The van der Waals surface area contributed by atoms with E-state index in [2.05, 4.69) is 6.92 Å². The zero-order valence-electron chi connectivity index (χ0n) is 12.2. The Labute approximate surface area is 120 Å². The second kappa shape index (κ2) is 7.16. The third kappa shape index (κ3) is 3.78. The predicted molar refractivity (Wildman–Crippen MR) is 78.3 cm³/mol. The molecule has 0 heterocycles. The predicted octanol–water partition coefficient (Wildman–Crippen LogP) is 4.30. The van der Waals surface area contributed by atoms with E-state index >= 15 is 0 Å². The van der Waals surface area contributed by atoms with Crippen LogP contribution in [0.5, 0.6) is 0 Å². The molecule has 0 saturated heterocycles. The van der Waals surface area contributed by atoms with Crippen molar-refractivity contribution < 1.29 is 8.78 Å². The molecule has 3 heteroatoms. The van der Waals surface area contributed by atoms with Gasteiger partial charge in [0.2, 0.25) is 0 Å². The first kappa shape index (κ1) is 15.4. The zero-order chi connectivity index (χ0) is 14.5. The van der Waals surface area contributed by atoms with Crippen LogP contribution in [0.1, 0.15) is 44.6 Å². The summed E-state index contributed by atoms with van der Waals surface area (Å²) >= 11 is 0. The highest BCUT2D eigenvalue weighted by atomic mass is 19.1. The molecule has 20 heavy (non-hydrogen) atoms. The summed E-state index contributed by atoms with van der Waals surface area (Å²) in [5, 5.41) is 0. The molecule has 1 aromatic carbocycles. The van der Waals surface area contributed by atoms with E-state index in [-0.39, 0.29) is 11.6 Å². The summed E-state index contributed by atoms with van der Waals surface area (Å²) in [7, 11) is 0. The number of nitrogens with two attached hydrogens (primary N) is 1. The van der Waals surface area contributed by atoms with E-state index in [0.717, 1.165) is 18.8 Å². The van der Waals surface area contributed by atoms with Gasteiger partial charge in [-0.1, -0.05) is 26.2 Å². The smallest absolute Gasteiger partial charge is 0.126 e. The van der Waals surface area contributed by atoms with E-state index in [1.807, 2.05) is 0 Å². The molecule has 3 atom stereocenters.